The van der Waals surface area contributed by atoms with Crippen LogP contribution in [0.15, 0.2) is 42.5 Å². The number of likely N-dealkylation sites (tertiary alicyclic amines) is 1. The average molecular weight is 575 g/mol. The Hall–Kier alpha value is -2.38. The van der Waals surface area contributed by atoms with Gasteiger partial charge in [-0.15, -0.1) is 17.0 Å². The molecule has 0 amide bonds. The quantitative estimate of drug-likeness (QED) is 0.227. The minimum Gasteiger partial charge on any atom is -0.493 e. The molecule has 0 spiro atoms. The third kappa shape index (κ3) is 7.57. The number of ether oxygens (including phenoxy) is 2. The molecule has 6 nitrogen and oxygen atoms in total. The maximum Gasteiger partial charge on any atom is 0.182 e. The third-order valence-electron chi connectivity index (χ3n) is 6.96. The molecule has 0 aromatic heterocycles. The van der Waals surface area contributed by atoms with E-state index < -0.39 is 0 Å². The van der Waals surface area contributed by atoms with Crippen LogP contribution in [0.4, 0.5) is 0 Å². The summed E-state index contributed by atoms with van der Waals surface area (Å²) in [6.45, 7) is 10.5. The number of nitrogens with zero attached hydrogens (tertiary/aromatic N) is 1. The molecule has 7 heteroatoms. The molecule has 1 saturated heterocycles. The standard InChI is InChI=1S/C30H43N3O3.BrH/c1-6-12-22-19-33(29(32)27(22)21-13-8-7-9-14-21)20-25(34)23-17-24(30(2,3)4)28(35-5)26(18-23)36-16-11-10-15-31;/h7-9,13-14,17-18,22,27,32H,6,10-12,15-16,19-20,31H2,1-5H3;1H. The molecule has 3 rings (SSSR count). The summed E-state index contributed by atoms with van der Waals surface area (Å²) in [5, 5.41) is 8.96. The van der Waals surface area contributed by atoms with Gasteiger partial charge in [-0.1, -0.05) is 64.4 Å². The van der Waals surface area contributed by atoms with Gasteiger partial charge >= 0.3 is 0 Å². The molecule has 0 aliphatic carbocycles. The zero-order valence-electron chi connectivity index (χ0n) is 23.0. The van der Waals surface area contributed by atoms with E-state index in [-0.39, 0.29) is 40.6 Å². The zero-order chi connectivity index (χ0) is 26.3. The number of ketones is 1. The Morgan fingerprint density at radius 3 is 2.46 bits per heavy atom. The average Bonchev–Trinajstić information content (AvgIpc) is 3.15. The van der Waals surface area contributed by atoms with E-state index in [0.717, 1.165) is 43.4 Å². The molecule has 204 valence electrons. The van der Waals surface area contributed by atoms with Gasteiger partial charge in [0.1, 0.15) is 5.84 Å². The highest BCUT2D eigenvalue weighted by molar-refractivity contribution is 8.93. The summed E-state index contributed by atoms with van der Waals surface area (Å²) < 4.78 is 11.8. The Balaban J connectivity index is 0.00000481. The van der Waals surface area contributed by atoms with Gasteiger partial charge in [0.25, 0.3) is 0 Å². The van der Waals surface area contributed by atoms with Gasteiger partial charge in [-0.3, -0.25) is 10.2 Å². The van der Waals surface area contributed by atoms with Crippen molar-refractivity contribution in [1.82, 2.24) is 4.90 Å². The second-order valence-electron chi connectivity index (χ2n) is 10.8. The summed E-state index contributed by atoms with van der Waals surface area (Å²) in [6, 6.07) is 14.0. The molecule has 0 radical (unpaired) electrons. The summed E-state index contributed by atoms with van der Waals surface area (Å²) >= 11 is 0. The van der Waals surface area contributed by atoms with Gasteiger partial charge in [0.05, 0.1) is 20.3 Å². The monoisotopic (exact) mass is 573 g/mol. The number of hydrogen-bond donors (Lipinski definition) is 2. The Labute approximate surface area is 233 Å². The van der Waals surface area contributed by atoms with Crippen molar-refractivity contribution in [3.05, 3.63) is 59.2 Å². The maximum atomic E-state index is 13.6. The first-order valence-corrected chi connectivity index (χ1v) is 13.2. The van der Waals surface area contributed by atoms with Gasteiger partial charge in [-0.25, -0.2) is 0 Å². The molecule has 1 fully saturated rings. The fourth-order valence-electron chi connectivity index (χ4n) is 5.11. The predicted octanol–water partition coefficient (Wildman–Crippen LogP) is 6.36. The number of methoxy groups -OCH3 is 1. The highest BCUT2D eigenvalue weighted by Gasteiger charge is 2.38. The summed E-state index contributed by atoms with van der Waals surface area (Å²) in [4.78, 5) is 15.6. The summed E-state index contributed by atoms with van der Waals surface area (Å²) in [7, 11) is 1.64. The number of carbonyl (C=O) groups is 1. The van der Waals surface area contributed by atoms with E-state index in [9.17, 15) is 4.79 Å². The fourth-order valence-corrected chi connectivity index (χ4v) is 5.11. The second-order valence-corrected chi connectivity index (χ2v) is 10.8. The molecule has 2 aromatic carbocycles. The van der Waals surface area contributed by atoms with E-state index in [1.807, 2.05) is 29.2 Å². The molecule has 1 heterocycles. The van der Waals surface area contributed by atoms with Crippen molar-refractivity contribution in [3.63, 3.8) is 0 Å². The van der Waals surface area contributed by atoms with Crippen LogP contribution in [0.5, 0.6) is 11.5 Å². The first-order chi connectivity index (χ1) is 17.2. The van der Waals surface area contributed by atoms with Gasteiger partial charge in [0.15, 0.2) is 17.3 Å². The number of unbranched alkanes of at least 4 members (excludes halogenated alkanes) is 1. The Bertz CT molecular complexity index is 1040. The molecule has 0 bridgehead atoms. The third-order valence-corrected chi connectivity index (χ3v) is 6.96. The van der Waals surface area contributed by atoms with E-state index in [1.54, 1.807) is 13.2 Å². The largest absolute Gasteiger partial charge is 0.493 e. The number of nitrogens with two attached hydrogens (primary N) is 1. The first kappa shape index (κ1) is 30.8. The van der Waals surface area contributed by atoms with Gasteiger partial charge < -0.3 is 20.1 Å². The zero-order valence-corrected chi connectivity index (χ0v) is 24.7. The number of hydrogen-bond acceptors (Lipinski definition) is 5. The van der Waals surface area contributed by atoms with Crippen LogP contribution < -0.4 is 15.2 Å². The number of benzene rings is 2. The highest BCUT2D eigenvalue weighted by Crippen LogP contribution is 2.41. The smallest absolute Gasteiger partial charge is 0.182 e. The topological polar surface area (TPSA) is 88.6 Å². The van der Waals surface area contributed by atoms with Crippen LogP contribution in [0.3, 0.4) is 0 Å². The van der Waals surface area contributed by atoms with Crippen molar-refractivity contribution in [2.24, 2.45) is 11.7 Å². The minimum absolute atomic E-state index is 0. The highest BCUT2D eigenvalue weighted by atomic mass is 79.9. The van der Waals surface area contributed by atoms with E-state index in [2.05, 4.69) is 39.8 Å². The SMILES string of the molecule is Br.CCCC1CN(CC(=O)c2cc(OCCCCN)c(OC)c(C(C)(C)C)c2)C(=N)C1c1ccccc1. The summed E-state index contributed by atoms with van der Waals surface area (Å²) in [5.74, 6) is 2.15. The fraction of sp³-hybridized carbons (Fsp3) is 0.533. The van der Waals surface area contributed by atoms with Crippen molar-refractivity contribution in [2.45, 2.75) is 64.7 Å². The lowest BCUT2D eigenvalue weighted by Crippen LogP contribution is -2.32. The number of Topliss-reactive ketones (excluding diaryl/α,β-unsaturated/α-hetero) is 1. The Kier molecular flexibility index (Phi) is 11.6. The maximum absolute atomic E-state index is 13.6. The van der Waals surface area contributed by atoms with Crippen LogP contribution >= 0.6 is 17.0 Å². The van der Waals surface area contributed by atoms with Crippen LogP contribution in [-0.4, -0.2) is 49.9 Å². The second kappa shape index (κ2) is 14.0. The number of nitrogens with one attached hydrogen (secondary N) is 1. The van der Waals surface area contributed by atoms with Crippen molar-refractivity contribution in [1.29, 1.82) is 5.41 Å². The van der Waals surface area contributed by atoms with Gasteiger partial charge in [-0.05, 0) is 54.8 Å². The van der Waals surface area contributed by atoms with Gasteiger partial charge in [0, 0.05) is 23.6 Å². The molecule has 0 saturated carbocycles. The van der Waals surface area contributed by atoms with Gasteiger partial charge in [-0.2, -0.15) is 0 Å². The normalized spacial score (nSPS) is 17.5. The van der Waals surface area contributed by atoms with E-state index in [4.69, 9.17) is 20.6 Å². The number of halogens is 1. The summed E-state index contributed by atoms with van der Waals surface area (Å²) in [6.07, 6.45) is 3.81. The Morgan fingerprint density at radius 1 is 1.16 bits per heavy atom. The lowest BCUT2D eigenvalue weighted by atomic mass is 9.84. The first-order valence-electron chi connectivity index (χ1n) is 13.2. The molecule has 2 unspecified atom stereocenters. The number of carbonyl (C=O) groups excluding carboxylic acids is 1. The van der Waals surface area contributed by atoms with E-state index >= 15 is 0 Å². The summed E-state index contributed by atoms with van der Waals surface area (Å²) in [5.41, 5.74) is 8.08. The predicted molar refractivity (Wildman–Crippen MR) is 157 cm³/mol. The molecule has 1 aliphatic rings. The van der Waals surface area contributed by atoms with Crippen molar-refractivity contribution in [2.75, 3.05) is 33.4 Å². The van der Waals surface area contributed by atoms with Crippen LogP contribution in [0.25, 0.3) is 0 Å². The van der Waals surface area contributed by atoms with Crippen LogP contribution in [0, 0.1) is 11.3 Å². The molecular formula is C30H44BrN3O3. The van der Waals surface area contributed by atoms with Crippen LogP contribution in [0.1, 0.15) is 80.8 Å². The van der Waals surface area contributed by atoms with Crippen LogP contribution in [-0.2, 0) is 5.41 Å². The molecule has 2 atom stereocenters. The van der Waals surface area contributed by atoms with Crippen molar-refractivity contribution >= 4 is 28.6 Å². The van der Waals surface area contributed by atoms with E-state index in [1.165, 1.54) is 0 Å². The number of amidine groups is 1. The lowest BCUT2D eigenvalue weighted by Gasteiger charge is -2.25. The van der Waals surface area contributed by atoms with Crippen LogP contribution in [0.2, 0.25) is 0 Å². The van der Waals surface area contributed by atoms with Crippen molar-refractivity contribution < 1.29 is 14.3 Å². The molecule has 37 heavy (non-hydrogen) atoms. The van der Waals surface area contributed by atoms with Gasteiger partial charge in [0.2, 0.25) is 0 Å². The molecule has 1 aliphatic heterocycles. The molecule has 2 aromatic rings. The Morgan fingerprint density at radius 2 is 1.86 bits per heavy atom. The van der Waals surface area contributed by atoms with Crippen molar-refractivity contribution in [3.8, 4) is 11.5 Å². The lowest BCUT2D eigenvalue weighted by molar-refractivity contribution is 0.0962. The number of rotatable bonds is 12. The minimum atomic E-state index is -0.234. The molecular weight excluding hydrogens is 530 g/mol. The van der Waals surface area contributed by atoms with E-state index in [0.29, 0.717) is 42.0 Å². The molecule has 3 N–H and O–H groups in total.